The Bertz CT molecular complexity index is 782. The molecule has 0 fully saturated rings. The van der Waals surface area contributed by atoms with Crippen LogP contribution in [0.1, 0.15) is 16.7 Å². The van der Waals surface area contributed by atoms with Crippen LogP contribution in [-0.4, -0.2) is 17.7 Å². The number of benzene rings is 2. The lowest BCUT2D eigenvalue weighted by Crippen LogP contribution is -2.11. The van der Waals surface area contributed by atoms with Crippen molar-refractivity contribution >= 4 is 5.97 Å². The Morgan fingerprint density at radius 2 is 1.79 bits per heavy atom. The number of aliphatic carboxylic acids is 1. The Labute approximate surface area is 135 Å². The molecule has 2 aromatic rings. The predicted octanol–water partition coefficient (Wildman–Crippen LogP) is 4.59. The Morgan fingerprint density at radius 1 is 1.12 bits per heavy atom. The van der Waals surface area contributed by atoms with Gasteiger partial charge in [-0.05, 0) is 48.7 Å². The first-order valence-electron chi connectivity index (χ1n) is 6.93. The SMILES string of the molecule is Cc1ccc(-c2cc(C(F)(F)F)ccc2OCC(=O)O)c(C)c1F. The minimum atomic E-state index is -4.59. The molecule has 0 radical (unpaired) electrons. The topological polar surface area (TPSA) is 46.5 Å². The van der Waals surface area contributed by atoms with E-state index in [0.29, 0.717) is 5.56 Å². The molecule has 128 valence electrons. The van der Waals surface area contributed by atoms with Gasteiger partial charge in [-0.3, -0.25) is 0 Å². The minimum absolute atomic E-state index is 0.0116. The molecule has 0 unspecified atom stereocenters. The Kier molecular flexibility index (Phi) is 4.82. The minimum Gasteiger partial charge on any atom is -0.481 e. The summed E-state index contributed by atoms with van der Waals surface area (Å²) in [7, 11) is 0. The highest BCUT2D eigenvalue weighted by atomic mass is 19.4. The van der Waals surface area contributed by atoms with Crippen molar-refractivity contribution in [1.82, 2.24) is 0 Å². The molecule has 0 aliphatic heterocycles. The van der Waals surface area contributed by atoms with Gasteiger partial charge in [0.1, 0.15) is 11.6 Å². The van der Waals surface area contributed by atoms with E-state index in [1.165, 1.54) is 19.1 Å². The lowest BCUT2D eigenvalue weighted by molar-refractivity contribution is -0.140. The third kappa shape index (κ3) is 3.67. The molecule has 24 heavy (non-hydrogen) atoms. The van der Waals surface area contributed by atoms with E-state index in [-0.39, 0.29) is 22.4 Å². The van der Waals surface area contributed by atoms with Crippen LogP contribution >= 0.6 is 0 Å². The second-order valence-electron chi connectivity index (χ2n) is 5.26. The predicted molar refractivity (Wildman–Crippen MR) is 79.4 cm³/mol. The second kappa shape index (κ2) is 6.51. The molecule has 2 rings (SSSR count). The number of halogens is 4. The molecule has 0 atom stereocenters. The van der Waals surface area contributed by atoms with Crippen molar-refractivity contribution < 1.29 is 32.2 Å². The normalized spacial score (nSPS) is 11.4. The second-order valence-corrected chi connectivity index (χ2v) is 5.26. The third-order valence-electron chi connectivity index (χ3n) is 3.53. The van der Waals surface area contributed by atoms with Gasteiger partial charge in [0.15, 0.2) is 6.61 Å². The van der Waals surface area contributed by atoms with Crippen molar-refractivity contribution in [2.24, 2.45) is 0 Å². The van der Waals surface area contributed by atoms with Gasteiger partial charge in [0, 0.05) is 5.56 Å². The summed E-state index contributed by atoms with van der Waals surface area (Å²) in [6.45, 7) is 2.27. The fourth-order valence-corrected chi connectivity index (χ4v) is 2.29. The first-order valence-corrected chi connectivity index (χ1v) is 6.93. The van der Waals surface area contributed by atoms with E-state index in [1.54, 1.807) is 6.92 Å². The molecular formula is C17H14F4O3. The van der Waals surface area contributed by atoms with Gasteiger partial charge in [0.05, 0.1) is 5.56 Å². The highest BCUT2D eigenvalue weighted by Crippen LogP contribution is 2.39. The van der Waals surface area contributed by atoms with Crippen LogP contribution in [0.2, 0.25) is 0 Å². The molecule has 1 N–H and O–H groups in total. The maximum absolute atomic E-state index is 14.1. The van der Waals surface area contributed by atoms with Gasteiger partial charge in [-0.1, -0.05) is 12.1 Å². The van der Waals surface area contributed by atoms with Gasteiger partial charge < -0.3 is 9.84 Å². The van der Waals surface area contributed by atoms with Crippen LogP contribution in [0.3, 0.4) is 0 Å². The number of carbonyl (C=O) groups is 1. The first kappa shape index (κ1) is 17.8. The summed E-state index contributed by atoms with van der Waals surface area (Å²) in [5, 5.41) is 8.69. The van der Waals surface area contributed by atoms with E-state index in [2.05, 4.69) is 0 Å². The summed E-state index contributed by atoms with van der Waals surface area (Å²) in [5.74, 6) is -1.86. The molecule has 2 aromatic carbocycles. The third-order valence-corrected chi connectivity index (χ3v) is 3.53. The molecule has 7 heteroatoms. The lowest BCUT2D eigenvalue weighted by atomic mass is 9.95. The van der Waals surface area contributed by atoms with Crippen LogP contribution < -0.4 is 4.74 Å². The van der Waals surface area contributed by atoms with Gasteiger partial charge in [-0.25, -0.2) is 9.18 Å². The van der Waals surface area contributed by atoms with E-state index < -0.39 is 30.1 Å². The van der Waals surface area contributed by atoms with Crippen LogP contribution in [-0.2, 0) is 11.0 Å². The van der Waals surface area contributed by atoms with Crippen LogP contribution in [0.5, 0.6) is 5.75 Å². The largest absolute Gasteiger partial charge is 0.481 e. The molecule has 0 bridgehead atoms. The van der Waals surface area contributed by atoms with E-state index in [1.807, 2.05) is 0 Å². The molecule has 0 spiro atoms. The maximum Gasteiger partial charge on any atom is 0.416 e. The quantitative estimate of drug-likeness (QED) is 0.827. The smallest absolute Gasteiger partial charge is 0.416 e. The number of hydrogen-bond acceptors (Lipinski definition) is 2. The summed E-state index contributed by atoms with van der Waals surface area (Å²) in [4.78, 5) is 10.6. The number of carboxylic acids is 1. The molecule has 0 aromatic heterocycles. The zero-order chi connectivity index (χ0) is 18.1. The zero-order valence-corrected chi connectivity index (χ0v) is 12.9. The fourth-order valence-electron chi connectivity index (χ4n) is 2.29. The van der Waals surface area contributed by atoms with Gasteiger partial charge in [-0.2, -0.15) is 13.2 Å². The highest BCUT2D eigenvalue weighted by molar-refractivity contribution is 5.75. The van der Waals surface area contributed by atoms with Crippen molar-refractivity contribution in [3.63, 3.8) is 0 Å². The first-order chi connectivity index (χ1) is 11.1. The van der Waals surface area contributed by atoms with Crippen molar-refractivity contribution in [3.8, 4) is 16.9 Å². The molecular weight excluding hydrogens is 328 g/mol. The number of carboxylic acid groups (broad SMARTS) is 1. The summed E-state index contributed by atoms with van der Waals surface area (Å²) in [5.41, 5.74) is -0.210. The number of alkyl halides is 3. The van der Waals surface area contributed by atoms with E-state index in [9.17, 15) is 22.4 Å². The van der Waals surface area contributed by atoms with Crippen LogP contribution in [0.15, 0.2) is 30.3 Å². The number of hydrogen-bond donors (Lipinski definition) is 1. The fraction of sp³-hybridized carbons (Fsp3) is 0.235. The van der Waals surface area contributed by atoms with Crippen molar-refractivity contribution in [1.29, 1.82) is 0 Å². The van der Waals surface area contributed by atoms with Gasteiger partial charge in [0.2, 0.25) is 0 Å². The maximum atomic E-state index is 14.1. The van der Waals surface area contributed by atoms with E-state index in [4.69, 9.17) is 9.84 Å². The van der Waals surface area contributed by atoms with E-state index in [0.717, 1.165) is 18.2 Å². The average Bonchev–Trinajstić information content (AvgIpc) is 2.50. The number of ether oxygens (including phenoxy) is 1. The number of aryl methyl sites for hydroxylation is 1. The summed E-state index contributed by atoms with van der Waals surface area (Å²) < 4.78 is 58.0. The molecule has 3 nitrogen and oxygen atoms in total. The molecule has 0 aliphatic rings. The standard InChI is InChI=1S/C17H14F4O3/c1-9-3-5-12(10(2)16(9)18)13-7-11(17(19,20)21)4-6-14(13)24-8-15(22)23/h3-7H,8H2,1-2H3,(H,22,23). The van der Waals surface area contributed by atoms with Gasteiger partial charge in [-0.15, -0.1) is 0 Å². The molecule has 0 aliphatic carbocycles. The molecule has 0 heterocycles. The Morgan fingerprint density at radius 3 is 2.38 bits per heavy atom. The Hall–Kier alpha value is -2.57. The van der Waals surface area contributed by atoms with E-state index >= 15 is 0 Å². The Balaban J connectivity index is 2.64. The van der Waals surface area contributed by atoms with Crippen LogP contribution in [0.25, 0.3) is 11.1 Å². The highest BCUT2D eigenvalue weighted by Gasteiger charge is 2.31. The molecule has 0 amide bonds. The monoisotopic (exact) mass is 342 g/mol. The summed E-state index contributed by atoms with van der Waals surface area (Å²) in [6.07, 6.45) is -4.59. The molecule has 0 saturated carbocycles. The van der Waals surface area contributed by atoms with Crippen molar-refractivity contribution in [3.05, 3.63) is 52.8 Å². The average molecular weight is 342 g/mol. The van der Waals surface area contributed by atoms with Crippen molar-refractivity contribution in [2.45, 2.75) is 20.0 Å². The van der Waals surface area contributed by atoms with Crippen LogP contribution in [0, 0.1) is 19.7 Å². The van der Waals surface area contributed by atoms with Crippen molar-refractivity contribution in [2.75, 3.05) is 6.61 Å². The summed E-state index contributed by atoms with van der Waals surface area (Å²) >= 11 is 0. The van der Waals surface area contributed by atoms with Crippen LogP contribution in [0.4, 0.5) is 17.6 Å². The number of rotatable bonds is 4. The van der Waals surface area contributed by atoms with Gasteiger partial charge in [0.25, 0.3) is 0 Å². The zero-order valence-electron chi connectivity index (χ0n) is 12.9. The lowest BCUT2D eigenvalue weighted by Gasteiger charge is -2.16. The molecule has 0 saturated heterocycles. The van der Waals surface area contributed by atoms with Gasteiger partial charge >= 0.3 is 12.1 Å². The summed E-state index contributed by atoms with van der Waals surface area (Å²) in [6, 6.07) is 5.59.